The summed E-state index contributed by atoms with van der Waals surface area (Å²) in [5.74, 6) is 0.0126. The first-order valence-electron chi connectivity index (χ1n) is 10.2. The molecule has 0 aliphatic carbocycles. The van der Waals surface area contributed by atoms with E-state index in [1.165, 1.54) is 22.9 Å². The molecule has 1 aliphatic heterocycles. The van der Waals surface area contributed by atoms with Gasteiger partial charge in [-0.15, -0.1) is 11.3 Å². The Morgan fingerprint density at radius 2 is 1.97 bits per heavy atom. The lowest BCUT2D eigenvalue weighted by molar-refractivity contribution is -0.137. The smallest absolute Gasteiger partial charge is 0.351 e. The molecule has 1 saturated heterocycles. The van der Waals surface area contributed by atoms with E-state index in [2.05, 4.69) is 20.3 Å². The summed E-state index contributed by atoms with van der Waals surface area (Å²) in [6.45, 7) is 2.10. The summed E-state index contributed by atoms with van der Waals surface area (Å²) in [4.78, 5) is 12.7. The van der Waals surface area contributed by atoms with Crippen molar-refractivity contribution in [2.24, 2.45) is 7.05 Å². The number of thiophene rings is 1. The van der Waals surface area contributed by atoms with E-state index in [0.29, 0.717) is 23.3 Å². The topological polar surface area (TPSA) is 117 Å². The summed E-state index contributed by atoms with van der Waals surface area (Å²) < 4.78 is 69.1. The Labute approximate surface area is 198 Å². The second kappa shape index (κ2) is 8.97. The Morgan fingerprint density at radius 3 is 2.53 bits per heavy atom. The van der Waals surface area contributed by atoms with Gasteiger partial charge < -0.3 is 9.88 Å². The second-order valence-corrected chi connectivity index (χ2v) is 11.0. The normalized spacial score (nSPS) is 15.9. The van der Waals surface area contributed by atoms with Gasteiger partial charge in [0.05, 0.1) is 22.5 Å². The van der Waals surface area contributed by atoms with Crippen molar-refractivity contribution in [2.45, 2.75) is 37.0 Å². The van der Waals surface area contributed by atoms with Gasteiger partial charge in [0.15, 0.2) is 5.03 Å². The van der Waals surface area contributed by atoms with Gasteiger partial charge in [0.2, 0.25) is 5.95 Å². The summed E-state index contributed by atoms with van der Waals surface area (Å²) in [5.41, 5.74) is -0.988. The maximum Gasteiger partial charge on any atom is 0.420 e. The lowest BCUT2D eigenvalue weighted by Gasteiger charge is -2.31. The van der Waals surface area contributed by atoms with Crippen LogP contribution in [-0.2, 0) is 23.2 Å². The van der Waals surface area contributed by atoms with Crippen LogP contribution in [0, 0.1) is 18.3 Å². The van der Waals surface area contributed by atoms with Crippen LogP contribution in [0.2, 0.25) is 0 Å². The Hall–Kier alpha value is -3.02. The molecule has 4 heterocycles. The number of anilines is 1. The molecule has 3 aromatic rings. The molecule has 0 amide bonds. The number of rotatable bonds is 5. The fourth-order valence-electron chi connectivity index (χ4n) is 3.63. The fourth-order valence-corrected chi connectivity index (χ4v) is 6.04. The summed E-state index contributed by atoms with van der Waals surface area (Å²) in [7, 11) is -2.03. The SMILES string of the molecule is Cc1sc(-c2nc(NC3CCN(S(=O)(=O)c4cn(C)cn4)CC3)ncc2C(F)(F)F)cc1C#N. The molecule has 1 aliphatic rings. The van der Waals surface area contributed by atoms with E-state index >= 15 is 0 Å². The standard InChI is InChI=1S/C20H20F3N7O2S2/c1-12-13(8-24)7-16(33-12)18-15(20(21,22)23)9-25-19(28-18)27-14-3-5-30(6-4-14)34(31,32)17-10-29(2)11-26-17/h7,9-11,14H,3-6H2,1-2H3,(H,25,27,28). The molecule has 14 heteroatoms. The van der Waals surface area contributed by atoms with Crippen molar-refractivity contribution in [3.8, 4) is 16.6 Å². The number of alkyl halides is 3. The number of nitriles is 1. The minimum absolute atomic E-state index is 0.0126. The summed E-state index contributed by atoms with van der Waals surface area (Å²) >= 11 is 1.06. The van der Waals surface area contributed by atoms with Crippen LogP contribution in [0.5, 0.6) is 0 Å². The number of aromatic nitrogens is 4. The van der Waals surface area contributed by atoms with E-state index in [-0.39, 0.29) is 40.7 Å². The van der Waals surface area contributed by atoms with Crippen LogP contribution < -0.4 is 5.32 Å². The number of hydrogen-bond donors (Lipinski definition) is 1. The number of halogens is 3. The Balaban J connectivity index is 1.52. The highest BCUT2D eigenvalue weighted by molar-refractivity contribution is 7.89. The minimum Gasteiger partial charge on any atom is -0.351 e. The number of piperidine rings is 1. The number of nitrogens with one attached hydrogen (secondary N) is 1. The summed E-state index contributed by atoms with van der Waals surface area (Å²) in [6, 6.07) is 3.13. The van der Waals surface area contributed by atoms with Crippen LogP contribution in [0.3, 0.4) is 0 Å². The summed E-state index contributed by atoms with van der Waals surface area (Å²) in [5, 5.41) is 12.2. The quantitative estimate of drug-likeness (QED) is 0.558. The van der Waals surface area contributed by atoms with E-state index in [1.807, 2.05) is 6.07 Å². The summed E-state index contributed by atoms with van der Waals surface area (Å²) in [6.07, 6.45) is -0.252. The maximum absolute atomic E-state index is 13.6. The van der Waals surface area contributed by atoms with Crippen molar-refractivity contribution in [1.29, 1.82) is 5.26 Å². The van der Waals surface area contributed by atoms with Gasteiger partial charge in [0.25, 0.3) is 10.0 Å². The van der Waals surface area contributed by atoms with Crippen LogP contribution in [0.25, 0.3) is 10.6 Å². The third kappa shape index (κ3) is 4.77. The van der Waals surface area contributed by atoms with Crippen molar-refractivity contribution in [2.75, 3.05) is 18.4 Å². The van der Waals surface area contributed by atoms with Gasteiger partial charge in [-0.25, -0.2) is 23.4 Å². The molecule has 3 aromatic heterocycles. The largest absolute Gasteiger partial charge is 0.420 e. The number of sulfonamides is 1. The molecule has 4 rings (SSSR count). The van der Waals surface area contributed by atoms with E-state index < -0.39 is 21.8 Å². The van der Waals surface area contributed by atoms with Crippen molar-refractivity contribution in [3.63, 3.8) is 0 Å². The number of nitrogens with zero attached hydrogens (tertiary/aromatic N) is 6. The third-order valence-corrected chi connectivity index (χ3v) is 8.28. The number of aryl methyl sites for hydroxylation is 2. The molecular weight excluding hydrogens is 491 g/mol. The van der Waals surface area contributed by atoms with Crippen LogP contribution in [0.15, 0.2) is 29.8 Å². The first kappa shape index (κ1) is 24.1. The molecule has 0 unspecified atom stereocenters. The molecule has 0 spiro atoms. The van der Waals surface area contributed by atoms with Crippen LogP contribution >= 0.6 is 11.3 Å². The van der Waals surface area contributed by atoms with Crippen LogP contribution in [-0.4, -0.2) is 51.4 Å². The molecule has 180 valence electrons. The molecule has 9 nitrogen and oxygen atoms in total. The van der Waals surface area contributed by atoms with Gasteiger partial charge in [0, 0.05) is 43.4 Å². The predicted molar refractivity (Wildman–Crippen MR) is 118 cm³/mol. The molecule has 0 saturated carbocycles. The van der Waals surface area contributed by atoms with Gasteiger partial charge >= 0.3 is 6.18 Å². The molecule has 0 atom stereocenters. The Morgan fingerprint density at radius 1 is 1.26 bits per heavy atom. The van der Waals surface area contributed by atoms with E-state index in [1.54, 1.807) is 18.5 Å². The van der Waals surface area contributed by atoms with E-state index in [9.17, 15) is 21.6 Å². The van der Waals surface area contributed by atoms with Gasteiger partial charge in [-0.05, 0) is 25.8 Å². The van der Waals surface area contributed by atoms with Crippen molar-refractivity contribution < 1.29 is 21.6 Å². The zero-order valence-electron chi connectivity index (χ0n) is 18.2. The molecule has 0 bridgehead atoms. The van der Waals surface area contributed by atoms with Crippen molar-refractivity contribution in [3.05, 3.63) is 40.8 Å². The Kier molecular flexibility index (Phi) is 6.36. The monoisotopic (exact) mass is 511 g/mol. The van der Waals surface area contributed by atoms with Gasteiger partial charge in [-0.3, -0.25) is 0 Å². The van der Waals surface area contributed by atoms with Gasteiger partial charge in [-0.2, -0.15) is 22.7 Å². The van der Waals surface area contributed by atoms with Crippen LogP contribution in [0.1, 0.15) is 28.8 Å². The minimum atomic E-state index is -4.66. The van der Waals surface area contributed by atoms with Crippen LogP contribution in [0.4, 0.5) is 19.1 Å². The second-order valence-electron chi connectivity index (χ2n) is 7.85. The first-order chi connectivity index (χ1) is 16.0. The van der Waals surface area contributed by atoms with E-state index in [0.717, 1.165) is 17.5 Å². The highest BCUT2D eigenvalue weighted by atomic mass is 32.2. The third-order valence-electron chi connectivity index (χ3n) is 5.44. The first-order valence-corrected chi connectivity index (χ1v) is 12.4. The lowest BCUT2D eigenvalue weighted by atomic mass is 10.1. The zero-order chi connectivity index (χ0) is 24.7. The van der Waals surface area contributed by atoms with E-state index in [4.69, 9.17) is 5.26 Å². The molecular formula is C20H20F3N7O2S2. The molecule has 0 radical (unpaired) electrons. The molecule has 34 heavy (non-hydrogen) atoms. The average Bonchev–Trinajstić information content (AvgIpc) is 3.39. The van der Waals surface area contributed by atoms with Crippen molar-refractivity contribution in [1.82, 2.24) is 23.8 Å². The molecule has 1 fully saturated rings. The predicted octanol–water partition coefficient (Wildman–Crippen LogP) is 3.40. The molecule has 1 N–H and O–H groups in total. The van der Waals surface area contributed by atoms with Crippen molar-refractivity contribution >= 4 is 27.3 Å². The lowest BCUT2D eigenvalue weighted by Crippen LogP contribution is -2.42. The van der Waals surface area contributed by atoms with Gasteiger partial charge in [-0.1, -0.05) is 0 Å². The highest BCUT2D eigenvalue weighted by Gasteiger charge is 2.36. The maximum atomic E-state index is 13.6. The number of hydrogen-bond acceptors (Lipinski definition) is 8. The average molecular weight is 512 g/mol. The molecule has 0 aromatic carbocycles. The Bertz CT molecular complexity index is 1350. The number of imidazole rings is 1. The zero-order valence-corrected chi connectivity index (χ0v) is 19.8. The fraction of sp³-hybridized carbons (Fsp3) is 0.400. The highest BCUT2D eigenvalue weighted by Crippen LogP contribution is 2.39. The van der Waals surface area contributed by atoms with Gasteiger partial charge in [0.1, 0.15) is 11.6 Å².